The van der Waals surface area contributed by atoms with E-state index in [9.17, 15) is 4.79 Å². The van der Waals surface area contributed by atoms with Gasteiger partial charge in [-0.25, -0.2) is 0 Å². The number of rotatable bonds is 6. The molecule has 0 radical (unpaired) electrons. The molecule has 1 heterocycles. The van der Waals surface area contributed by atoms with Crippen LogP contribution < -0.4 is 5.32 Å². The fourth-order valence-electron chi connectivity index (χ4n) is 4.08. The number of likely N-dealkylation sites (N-methyl/N-ethyl adjacent to an activating group) is 1. The van der Waals surface area contributed by atoms with E-state index < -0.39 is 0 Å². The number of piperidine rings is 1. The van der Waals surface area contributed by atoms with Gasteiger partial charge in [-0.3, -0.25) is 4.79 Å². The van der Waals surface area contributed by atoms with E-state index in [0.717, 1.165) is 37.1 Å². The van der Waals surface area contributed by atoms with E-state index in [0.29, 0.717) is 0 Å². The van der Waals surface area contributed by atoms with Gasteiger partial charge in [0.2, 0.25) is 0 Å². The lowest BCUT2D eigenvalue weighted by molar-refractivity contribution is -0.115. The molecule has 24 heavy (non-hydrogen) atoms. The van der Waals surface area contributed by atoms with Gasteiger partial charge in [-0.1, -0.05) is 30.3 Å². The largest absolute Gasteiger partial charge is 0.355 e. The molecule has 0 unspecified atom stereocenters. The van der Waals surface area contributed by atoms with Crippen LogP contribution in [0.5, 0.6) is 0 Å². The summed E-state index contributed by atoms with van der Waals surface area (Å²) in [4.78, 5) is 14.9. The Hall–Kier alpha value is -1.26. The third-order valence-electron chi connectivity index (χ3n) is 5.47. The molecule has 1 saturated heterocycles. The summed E-state index contributed by atoms with van der Waals surface area (Å²) in [7, 11) is 1.72. The zero-order chi connectivity index (χ0) is 17.0. The Bertz CT molecular complexity index is 618. The molecule has 1 aliphatic carbocycles. The standard InChI is InChI=1S/C20H28N2OS/c1-21-19(23)17-15-20(18-8-4-3-7-16(17)18)9-12-22(13-10-20)11-5-6-14-24-2/h3-4,7-8,15H,5-6,9-14H2,1-2H3,(H,21,23). The van der Waals surface area contributed by atoms with Crippen molar-refractivity contribution in [3.63, 3.8) is 0 Å². The van der Waals surface area contributed by atoms with Crippen molar-refractivity contribution in [2.45, 2.75) is 31.1 Å². The first-order valence-corrected chi connectivity index (χ1v) is 10.4. The number of hydrogen-bond donors (Lipinski definition) is 1. The molecule has 1 amide bonds. The summed E-state index contributed by atoms with van der Waals surface area (Å²) in [6.07, 6.45) is 9.27. The molecular weight excluding hydrogens is 316 g/mol. The van der Waals surface area contributed by atoms with E-state index >= 15 is 0 Å². The fraction of sp³-hybridized carbons (Fsp3) is 0.550. The number of nitrogens with one attached hydrogen (secondary N) is 1. The Morgan fingerprint density at radius 3 is 2.71 bits per heavy atom. The number of fused-ring (bicyclic) bond motifs is 2. The van der Waals surface area contributed by atoms with E-state index in [2.05, 4.69) is 40.7 Å². The molecule has 1 aromatic rings. The number of carbonyl (C=O) groups is 1. The van der Waals surface area contributed by atoms with E-state index in [1.165, 1.54) is 30.7 Å². The molecule has 1 fully saturated rings. The Kier molecular flexibility index (Phi) is 5.67. The van der Waals surface area contributed by atoms with Crippen molar-refractivity contribution >= 4 is 23.2 Å². The summed E-state index contributed by atoms with van der Waals surface area (Å²) in [5, 5.41) is 2.80. The maximum Gasteiger partial charge on any atom is 0.251 e. The van der Waals surface area contributed by atoms with Gasteiger partial charge in [0.25, 0.3) is 5.91 Å². The van der Waals surface area contributed by atoms with Crippen LogP contribution in [0.4, 0.5) is 0 Å². The van der Waals surface area contributed by atoms with Crippen molar-refractivity contribution in [3.8, 4) is 0 Å². The van der Waals surface area contributed by atoms with Crippen LogP contribution in [0.2, 0.25) is 0 Å². The highest BCUT2D eigenvalue weighted by Crippen LogP contribution is 2.47. The number of hydrogen-bond acceptors (Lipinski definition) is 3. The molecule has 1 N–H and O–H groups in total. The van der Waals surface area contributed by atoms with E-state index in [-0.39, 0.29) is 11.3 Å². The van der Waals surface area contributed by atoms with Crippen LogP contribution in [0.3, 0.4) is 0 Å². The minimum atomic E-state index is 0.0406. The number of carbonyl (C=O) groups excluding carboxylic acids is 1. The first-order chi connectivity index (χ1) is 11.7. The monoisotopic (exact) mass is 344 g/mol. The van der Waals surface area contributed by atoms with Crippen molar-refractivity contribution in [2.24, 2.45) is 0 Å². The van der Waals surface area contributed by atoms with Crippen LogP contribution in [0.1, 0.15) is 36.8 Å². The number of amides is 1. The maximum atomic E-state index is 12.3. The number of nitrogens with zero attached hydrogens (tertiary/aromatic N) is 1. The number of thioether (sulfide) groups is 1. The Morgan fingerprint density at radius 2 is 2.00 bits per heavy atom. The highest BCUT2D eigenvalue weighted by atomic mass is 32.2. The molecule has 0 bridgehead atoms. The smallest absolute Gasteiger partial charge is 0.251 e. The van der Waals surface area contributed by atoms with Crippen LogP contribution in [0.15, 0.2) is 30.3 Å². The van der Waals surface area contributed by atoms with Gasteiger partial charge in [-0.2, -0.15) is 11.8 Å². The quantitative estimate of drug-likeness (QED) is 0.804. The van der Waals surface area contributed by atoms with Gasteiger partial charge in [0.1, 0.15) is 0 Å². The van der Waals surface area contributed by atoms with Crippen molar-refractivity contribution in [3.05, 3.63) is 41.5 Å². The van der Waals surface area contributed by atoms with E-state index in [4.69, 9.17) is 0 Å². The lowest BCUT2D eigenvalue weighted by Crippen LogP contribution is -2.41. The SMILES string of the molecule is CNC(=O)C1=CC2(CCN(CCCCSC)CC2)c2ccccc21. The molecule has 0 saturated carbocycles. The van der Waals surface area contributed by atoms with Gasteiger partial charge in [0.15, 0.2) is 0 Å². The summed E-state index contributed by atoms with van der Waals surface area (Å²) in [6.45, 7) is 3.47. The molecule has 1 spiro atoms. The zero-order valence-corrected chi connectivity index (χ0v) is 15.6. The summed E-state index contributed by atoms with van der Waals surface area (Å²) in [6, 6.07) is 8.46. The second kappa shape index (κ2) is 7.75. The Balaban J connectivity index is 1.71. The number of allylic oxidation sites excluding steroid dienone is 1. The van der Waals surface area contributed by atoms with Crippen LogP contribution in [0.25, 0.3) is 5.57 Å². The second-order valence-corrected chi connectivity index (χ2v) is 7.87. The van der Waals surface area contributed by atoms with Gasteiger partial charge in [-0.05, 0) is 68.5 Å². The second-order valence-electron chi connectivity index (χ2n) is 6.88. The Labute approximate surface area is 149 Å². The first kappa shape index (κ1) is 17.6. The van der Waals surface area contributed by atoms with Gasteiger partial charge in [-0.15, -0.1) is 0 Å². The highest BCUT2D eigenvalue weighted by Gasteiger charge is 2.41. The Morgan fingerprint density at radius 1 is 1.25 bits per heavy atom. The van der Waals surface area contributed by atoms with E-state index in [1.54, 1.807) is 7.05 Å². The van der Waals surface area contributed by atoms with Crippen LogP contribution in [-0.4, -0.2) is 49.5 Å². The van der Waals surface area contributed by atoms with Crippen molar-refractivity contribution in [1.29, 1.82) is 0 Å². The lowest BCUT2D eigenvalue weighted by Gasteiger charge is -2.39. The maximum absolute atomic E-state index is 12.3. The van der Waals surface area contributed by atoms with Crippen molar-refractivity contribution in [2.75, 3.05) is 38.7 Å². The summed E-state index contributed by atoms with van der Waals surface area (Å²) >= 11 is 1.94. The molecule has 130 valence electrons. The molecule has 0 aromatic heterocycles. The molecule has 1 aliphatic heterocycles. The molecule has 2 aliphatic rings. The molecule has 3 nitrogen and oxygen atoms in total. The van der Waals surface area contributed by atoms with Crippen LogP contribution >= 0.6 is 11.8 Å². The lowest BCUT2D eigenvalue weighted by atomic mass is 9.74. The van der Waals surface area contributed by atoms with Gasteiger partial charge in [0, 0.05) is 18.0 Å². The predicted octanol–water partition coefficient (Wildman–Crippen LogP) is 3.31. The molecular formula is C20H28N2OS. The summed E-state index contributed by atoms with van der Waals surface area (Å²) in [5.74, 6) is 1.31. The number of benzene rings is 1. The molecule has 4 heteroatoms. The minimum absolute atomic E-state index is 0.0406. The van der Waals surface area contributed by atoms with E-state index in [1.807, 2.05) is 17.8 Å². The molecule has 3 rings (SSSR count). The minimum Gasteiger partial charge on any atom is -0.355 e. The first-order valence-electron chi connectivity index (χ1n) is 8.96. The zero-order valence-electron chi connectivity index (χ0n) is 14.8. The normalized spacial score (nSPS) is 19.2. The fourth-order valence-corrected chi connectivity index (χ4v) is 4.57. The average Bonchev–Trinajstić information content (AvgIpc) is 2.94. The van der Waals surface area contributed by atoms with Gasteiger partial charge >= 0.3 is 0 Å². The van der Waals surface area contributed by atoms with Gasteiger partial charge in [0.05, 0.1) is 0 Å². The third-order valence-corrected chi connectivity index (χ3v) is 6.16. The van der Waals surface area contributed by atoms with Crippen LogP contribution in [-0.2, 0) is 10.2 Å². The number of unbranched alkanes of at least 4 members (excludes halogenated alkanes) is 1. The van der Waals surface area contributed by atoms with Crippen molar-refractivity contribution < 1.29 is 4.79 Å². The number of likely N-dealkylation sites (tertiary alicyclic amines) is 1. The molecule has 1 aromatic carbocycles. The highest BCUT2D eigenvalue weighted by molar-refractivity contribution is 7.98. The van der Waals surface area contributed by atoms with Gasteiger partial charge < -0.3 is 10.2 Å². The van der Waals surface area contributed by atoms with Crippen LogP contribution in [0, 0.1) is 0 Å². The third kappa shape index (κ3) is 3.40. The van der Waals surface area contributed by atoms with Crippen molar-refractivity contribution in [1.82, 2.24) is 10.2 Å². The predicted molar refractivity (Wildman–Crippen MR) is 103 cm³/mol. The summed E-state index contributed by atoms with van der Waals surface area (Å²) < 4.78 is 0. The topological polar surface area (TPSA) is 32.3 Å². The summed E-state index contributed by atoms with van der Waals surface area (Å²) in [5.41, 5.74) is 3.41. The average molecular weight is 345 g/mol. The molecule has 0 atom stereocenters.